The number of benzene rings is 1. The molecule has 0 unspecified atom stereocenters. The SMILES string of the molecule is CCOCCC(=C(F)B1OC(C)(C)C(C)(C)O1)c1ccc(Cl)cc1Cl. The lowest BCUT2D eigenvalue weighted by molar-refractivity contribution is 0.00578. The van der Waals surface area contributed by atoms with E-state index in [0.717, 1.165) is 0 Å². The van der Waals surface area contributed by atoms with Gasteiger partial charge in [0.25, 0.3) is 0 Å². The van der Waals surface area contributed by atoms with Crippen LogP contribution < -0.4 is 0 Å². The van der Waals surface area contributed by atoms with Gasteiger partial charge in [-0.1, -0.05) is 29.3 Å². The summed E-state index contributed by atoms with van der Waals surface area (Å²) in [6, 6.07) is 4.98. The lowest BCUT2D eigenvalue weighted by Gasteiger charge is -2.32. The zero-order valence-corrected chi connectivity index (χ0v) is 16.8. The van der Waals surface area contributed by atoms with E-state index in [9.17, 15) is 0 Å². The molecular weight excluding hydrogens is 365 g/mol. The molecule has 0 amide bonds. The highest BCUT2D eigenvalue weighted by molar-refractivity contribution is 6.55. The number of rotatable bonds is 6. The molecule has 1 saturated heterocycles. The van der Waals surface area contributed by atoms with Crippen LogP contribution in [0.5, 0.6) is 0 Å². The predicted octanol–water partition coefficient (Wildman–Crippen LogP) is 5.73. The molecule has 0 aliphatic carbocycles. The molecule has 1 heterocycles. The Kier molecular flexibility index (Phi) is 6.61. The third kappa shape index (κ3) is 4.58. The van der Waals surface area contributed by atoms with E-state index < -0.39 is 24.0 Å². The molecule has 1 aromatic carbocycles. The quantitative estimate of drug-likeness (QED) is 0.459. The molecule has 0 atom stereocenters. The first kappa shape index (κ1) is 20.7. The first-order chi connectivity index (χ1) is 11.6. The minimum atomic E-state index is -1.08. The Morgan fingerprint density at radius 3 is 2.28 bits per heavy atom. The van der Waals surface area contributed by atoms with Crippen molar-refractivity contribution < 1.29 is 18.4 Å². The van der Waals surface area contributed by atoms with Crippen molar-refractivity contribution in [2.24, 2.45) is 0 Å². The van der Waals surface area contributed by atoms with E-state index in [1.54, 1.807) is 18.2 Å². The highest BCUT2D eigenvalue weighted by Gasteiger charge is 2.53. The van der Waals surface area contributed by atoms with Crippen LogP contribution in [0.3, 0.4) is 0 Å². The molecule has 7 heteroatoms. The van der Waals surface area contributed by atoms with Crippen molar-refractivity contribution >= 4 is 35.9 Å². The van der Waals surface area contributed by atoms with Crippen molar-refractivity contribution in [3.63, 3.8) is 0 Å². The normalized spacial score (nSPS) is 19.9. The number of hydrogen-bond acceptors (Lipinski definition) is 3. The monoisotopic (exact) mass is 388 g/mol. The fraction of sp³-hybridized carbons (Fsp3) is 0.556. The smallest absolute Gasteiger partial charge is 0.398 e. The number of halogens is 3. The summed E-state index contributed by atoms with van der Waals surface area (Å²) >= 11 is 12.3. The molecule has 3 nitrogen and oxygen atoms in total. The van der Waals surface area contributed by atoms with Crippen LogP contribution in [0.15, 0.2) is 23.9 Å². The first-order valence-corrected chi connectivity index (χ1v) is 9.12. The van der Waals surface area contributed by atoms with Gasteiger partial charge in [-0.15, -0.1) is 0 Å². The molecule has 0 N–H and O–H groups in total. The van der Waals surface area contributed by atoms with E-state index >= 15 is 4.39 Å². The Morgan fingerprint density at radius 1 is 1.16 bits per heavy atom. The van der Waals surface area contributed by atoms with Crippen LogP contribution in [0.4, 0.5) is 4.39 Å². The topological polar surface area (TPSA) is 27.7 Å². The van der Waals surface area contributed by atoms with E-state index in [1.165, 1.54) is 0 Å². The predicted molar refractivity (Wildman–Crippen MR) is 102 cm³/mol. The Bertz CT molecular complexity index is 646. The summed E-state index contributed by atoms with van der Waals surface area (Å²) in [7, 11) is -1.08. The van der Waals surface area contributed by atoms with Crippen LogP contribution in [0.2, 0.25) is 10.0 Å². The maximum atomic E-state index is 15.3. The van der Waals surface area contributed by atoms with Crippen LogP contribution >= 0.6 is 23.2 Å². The minimum Gasteiger partial charge on any atom is -0.398 e. The van der Waals surface area contributed by atoms with Gasteiger partial charge < -0.3 is 14.0 Å². The lowest BCUT2D eigenvalue weighted by Crippen LogP contribution is -2.41. The molecular formula is C18H24BCl2FO3. The molecule has 0 saturated carbocycles. The zero-order valence-electron chi connectivity index (χ0n) is 15.3. The number of ether oxygens (including phenoxy) is 1. The van der Waals surface area contributed by atoms with Gasteiger partial charge in [-0.2, -0.15) is 0 Å². The van der Waals surface area contributed by atoms with E-state index in [-0.39, 0.29) is 0 Å². The van der Waals surface area contributed by atoms with Gasteiger partial charge in [0, 0.05) is 16.7 Å². The van der Waals surface area contributed by atoms with E-state index in [4.69, 9.17) is 37.2 Å². The summed E-state index contributed by atoms with van der Waals surface area (Å²) in [5, 5.41) is 0.875. The molecule has 1 fully saturated rings. The third-order valence-corrected chi connectivity index (χ3v) is 5.25. The molecule has 1 aliphatic heterocycles. The molecule has 0 aromatic heterocycles. The van der Waals surface area contributed by atoms with Crippen LogP contribution in [0, 0.1) is 0 Å². The highest BCUT2D eigenvalue weighted by Crippen LogP contribution is 2.41. The van der Waals surface area contributed by atoms with Crippen LogP contribution in [0.1, 0.15) is 46.6 Å². The van der Waals surface area contributed by atoms with Crippen molar-refractivity contribution in [2.75, 3.05) is 13.2 Å². The molecule has 25 heavy (non-hydrogen) atoms. The van der Waals surface area contributed by atoms with E-state index in [2.05, 4.69) is 0 Å². The van der Waals surface area contributed by atoms with Crippen molar-refractivity contribution in [3.8, 4) is 0 Å². The number of hydrogen-bond donors (Lipinski definition) is 0. The molecule has 1 aliphatic rings. The molecule has 138 valence electrons. The standard InChI is InChI=1S/C18H24BCl2FO3/c1-6-23-10-9-14(13-8-7-12(20)11-15(13)21)16(22)19-24-17(2,3)18(4,5)25-19/h7-8,11H,6,9-10H2,1-5H3. The second-order valence-corrected chi connectivity index (χ2v) is 7.83. The van der Waals surface area contributed by atoms with Gasteiger partial charge >= 0.3 is 7.12 Å². The average molecular weight is 389 g/mol. The summed E-state index contributed by atoms with van der Waals surface area (Å²) in [6.07, 6.45) is 0.352. The van der Waals surface area contributed by atoms with Gasteiger partial charge in [0.2, 0.25) is 0 Å². The summed E-state index contributed by atoms with van der Waals surface area (Å²) in [5.74, 6) is 0. The van der Waals surface area contributed by atoms with Gasteiger partial charge in [0.15, 0.2) is 0 Å². The van der Waals surface area contributed by atoms with Crippen LogP contribution in [-0.2, 0) is 14.0 Å². The second-order valence-electron chi connectivity index (χ2n) is 6.99. The minimum absolute atomic E-state index is 0.352. The first-order valence-electron chi connectivity index (χ1n) is 8.36. The van der Waals surface area contributed by atoms with E-state index in [1.807, 2.05) is 34.6 Å². The maximum absolute atomic E-state index is 15.3. The Morgan fingerprint density at radius 2 is 1.76 bits per heavy atom. The molecule has 0 spiro atoms. The second kappa shape index (κ2) is 7.97. The molecule has 1 aromatic rings. The van der Waals surface area contributed by atoms with Crippen LogP contribution in [0.25, 0.3) is 5.57 Å². The van der Waals surface area contributed by atoms with Crippen LogP contribution in [-0.4, -0.2) is 31.5 Å². The largest absolute Gasteiger partial charge is 0.525 e. The Balaban J connectivity index is 2.41. The fourth-order valence-corrected chi connectivity index (χ4v) is 3.05. The molecule has 0 bridgehead atoms. The van der Waals surface area contributed by atoms with Gasteiger partial charge in [-0.25, -0.2) is 4.39 Å². The van der Waals surface area contributed by atoms with Crippen molar-refractivity contribution in [1.29, 1.82) is 0 Å². The summed E-state index contributed by atoms with van der Waals surface area (Å²) in [6.45, 7) is 10.4. The fourth-order valence-electron chi connectivity index (χ4n) is 2.52. The van der Waals surface area contributed by atoms with Gasteiger partial charge in [-0.3, -0.25) is 0 Å². The third-order valence-electron chi connectivity index (χ3n) is 4.71. The Labute approximate surface area is 159 Å². The summed E-state index contributed by atoms with van der Waals surface area (Å²) < 4.78 is 32.4. The van der Waals surface area contributed by atoms with Crippen molar-refractivity contribution in [2.45, 2.75) is 52.2 Å². The summed E-state index contributed by atoms with van der Waals surface area (Å²) in [4.78, 5) is 0. The average Bonchev–Trinajstić information content (AvgIpc) is 2.72. The Hall–Kier alpha value is -0.585. The molecule has 0 radical (unpaired) electrons. The van der Waals surface area contributed by atoms with Gasteiger partial charge in [-0.05, 0) is 64.3 Å². The van der Waals surface area contributed by atoms with E-state index in [0.29, 0.717) is 40.8 Å². The highest BCUT2D eigenvalue weighted by atomic mass is 35.5. The molecule has 2 rings (SSSR count). The summed E-state index contributed by atoms with van der Waals surface area (Å²) in [5.41, 5.74) is -0.748. The van der Waals surface area contributed by atoms with Gasteiger partial charge in [0.05, 0.1) is 17.8 Å². The van der Waals surface area contributed by atoms with Crippen molar-refractivity contribution in [3.05, 3.63) is 39.5 Å². The van der Waals surface area contributed by atoms with Crippen molar-refractivity contribution in [1.82, 2.24) is 0 Å². The maximum Gasteiger partial charge on any atom is 0.525 e. The zero-order chi connectivity index (χ0) is 18.8. The van der Waals surface area contributed by atoms with Gasteiger partial charge in [0.1, 0.15) is 5.73 Å². The lowest BCUT2D eigenvalue weighted by atomic mass is 9.82.